The van der Waals surface area contributed by atoms with Crippen molar-refractivity contribution in [2.24, 2.45) is 4.99 Å². The first-order valence-electron chi connectivity index (χ1n) is 7.27. The summed E-state index contributed by atoms with van der Waals surface area (Å²) in [5.41, 5.74) is 1.82. The van der Waals surface area contributed by atoms with Crippen molar-refractivity contribution in [3.05, 3.63) is 64.1 Å². The highest BCUT2D eigenvalue weighted by molar-refractivity contribution is 8.14. The van der Waals surface area contributed by atoms with Gasteiger partial charge in [-0.15, -0.1) is 11.8 Å². The summed E-state index contributed by atoms with van der Waals surface area (Å²) in [6.07, 6.45) is 1.81. The van der Waals surface area contributed by atoms with Gasteiger partial charge < -0.3 is 9.30 Å². The number of aromatic nitrogens is 1. The molecule has 1 aromatic carbocycles. The lowest BCUT2D eigenvalue weighted by atomic mass is 10.2. The molecule has 5 heteroatoms. The van der Waals surface area contributed by atoms with Gasteiger partial charge in [-0.3, -0.25) is 9.79 Å². The van der Waals surface area contributed by atoms with Gasteiger partial charge in [0, 0.05) is 24.6 Å². The van der Waals surface area contributed by atoms with Crippen LogP contribution in [0.15, 0.2) is 52.4 Å². The minimum Gasteiger partial charge on any atom is -0.483 e. The fourth-order valence-corrected chi connectivity index (χ4v) is 3.18. The van der Waals surface area contributed by atoms with E-state index in [1.807, 2.05) is 48.0 Å². The third kappa shape index (κ3) is 3.42. The molecule has 2 aromatic rings. The molecular weight excluding hydrogens is 296 g/mol. The Kier molecular flexibility index (Phi) is 4.63. The molecule has 3 rings (SSSR count). The van der Waals surface area contributed by atoms with Crippen LogP contribution in [0.4, 0.5) is 0 Å². The average molecular weight is 314 g/mol. The van der Waals surface area contributed by atoms with Gasteiger partial charge in [-0.1, -0.05) is 30.3 Å². The highest BCUT2D eigenvalue weighted by Gasteiger charge is 2.12. The first-order chi connectivity index (χ1) is 10.7. The lowest BCUT2D eigenvalue weighted by Crippen LogP contribution is -2.17. The van der Waals surface area contributed by atoms with Crippen LogP contribution in [0.5, 0.6) is 5.75 Å². The Morgan fingerprint density at radius 2 is 2.09 bits per heavy atom. The Hall–Kier alpha value is -2.01. The van der Waals surface area contributed by atoms with Gasteiger partial charge in [0.1, 0.15) is 6.61 Å². The fraction of sp³-hybridized carbons (Fsp3) is 0.294. The van der Waals surface area contributed by atoms with E-state index in [0.29, 0.717) is 18.9 Å². The normalized spacial score (nSPS) is 14.0. The van der Waals surface area contributed by atoms with E-state index in [1.54, 1.807) is 17.8 Å². The molecule has 1 aromatic heterocycles. The van der Waals surface area contributed by atoms with Crippen molar-refractivity contribution in [3.8, 4) is 5.75 Å². The molecule has 0 N–H and O–H groups in total. The molecule has 2 heterocycles. The SMILES string of the molecule is Cc1c(OCc2ccccc2)c(=O)ccn1CC1=NCCS1. The smallest absolute Gasteiger partial charge is 0.223 e. The van der Waals surface area contributed by atoms with E-state index < -0.39 is 0 Å². The third-order valence-electron chi connectivity index (χ3n) is 3.57. The van der Waals surface area contributed by atoms with Gasteiger partial charge in [-0.25, -0.2) is 0 Å². The maximum Gasteiger partial charge on any atom is 0.223 e. The van der Waals surface area contributed by atoms with Crippen molar-refractivity contribution in [2.75, 3.05) is 12.3 Å². The number of hydrogen-bond donors (Lipinski definition) is 0. The standard InChI is InChI=1S/C17H18N2O2S/c1-13-17(21-12-14-5-3-2-4-6-14)15(20)7-9-19(13)11-16-18-8-10-22-16/h2-7,9H,8,10-12H2,1H3. The molecule has 0 radical (unpaired) electrons. The Balaban J connectivity index is 1.79. The Morgan fingerprint density at radius 1 is 1.27 bits per heavy atom. The Labute approximate surface area is 133 Å². The highest BCUT2D eigenvalue weighted by Crippen LogP contribution is 2.18. The molecule has 0 spiro atoms. The van der Waals surface area contributed by atoms with Crippen LogP contribution >= 0.6 is 11.8 Å². The second-order valence-electron chi connectivity index (χ2n) is 5.12. The Morgan fingerprint density at radius 3 is 2.82 bits per heavy atom. The van der Waals surface area contributed by atoms with Crippen molar-refractivity contribution in [1.29, 1.82) is 0 Å². The van der Waals surface area contributed by atoms with E-state index >= 15 is 0 Å². The van der Waals surface area contributed by atoms with Crippen molar-refractivity contribution in [1.82, 2.24) is 4.57 Å². The van der Waals surface area contributed by atoms with Crippen molar-refractivity contribution >= 4 is 16.8 Å². The number of aliphatic imine (C=N–C) groups is 1. The molecule has 0 amide bonds. The summed E-state index contributed by atoms with van der Waals surface area (Å²) in [6, 6.07) is 11.4. The highest BCUT2D eigenvalue weighted by atomic mass is 32.2. The zero-order valence-electron chi connectivity index (χ0n) is 12.5. The first-order valence-corrected chi connectivity index (χ1v) is 8.25. The number of rotatable bonds is 5. The van der Waals surface area contributed by atoms with Gasteiger partial charge in [0.15, 0.2) is 5.75 Å². The predicted octanol–water partition coefficient (Wildman–Crippen LogP) is 2.88. The van der Waals surface area contributed by atoms with E-state index in [1.165, 1.54) is 0 Å². The zero-order valence-corrected chi connectivity index (χ0v) is 13.3. The molecule has 0 unspecified atom stereocenters. The van der Waals surface area contributed by atoms with Gasteiger partial charge >= 0.3 is 0 Å². The van der Waals surface area contributed by atoms with Crippen LogP contribution in [0.1, 0.15) is 11.3 Å². The molecule has 1 aliphatic rings. The number of benzene rings is 1. The molecule has 22 heavy (non-hydrogen) atoms. The summed E-state index contributed by atoms with van der Waals surface area (Å²) in [5.74, 6) is 1.47. The number of thioether (sulfide) groups is 1. The molecule has 1 aliphatic heterocycles. The maximum absolute atomic E-state index is 12.1. The van der Waals surface area contributed by atoms with E-state index in [-0.39, 0.29) is 5.43 Å². The predicted molar refractivity (Wildman–Crippen MR) is 91.0 cm³/mol. The number of nitrogens with zero attached hydrogens (tertiary/aromatic N) is 2. The largest absolute Gasteiger partial charge is 0.483 e. The molecule has 0 bridgehead atoms. The van der Waals surface area contributed by atoms with Gasteiger partial charge in [-0.05, 0) is 12.5 Å². The van der Waals surface area contributed by atoms with Gasteiger partial charge in [-0.2, -0.15) is 0 Å². The minimum atomic E-state index is -0.0781. The summed E-state index contributed by atoms with van der Waals surface area (Å²) in [7, 11) is 0. The van der Waals surface area contributed by atoms with Crippen LogP contribution < -0.4 is 10.2 Å². The van der Waals surface area contributed by atoms with Gasteiger partial charge in [0.2, 0.25) is 5.43 Å². The van der Waals surface area contributed by atoms with Crippen LogP contribution in [0.2, 0.25) is 0 Å². The van der Waals surface area contributed by atoms with Crippen LogP contribution in [0, 0.1) is 6.92 Å². The zero-order chi connectivity index (χ0) is 15.4. The lowest BCUT2D eigenvalue weighted by Gasteiger charge is -2.14. The van der Waals surface area contributed by atoms with Crippen LogP contribution in [0.3, 0.4) is 0 Å². The monoisotopic (exact) mass is 314 g/mol. The summed E-state index contributed by atoms with van der Waals surface area (Å²) in [6.45, 7) is 3.91. The molecule has 0 aliphatic carbocycles. The molecule has 4 nitrogen and oxygen atoms in total. The van der Waals surface area contributed by atoms with Crippen LogP contribution in [-0.2, 0) is 13.2 Å². The first kappa shape index (κ1) is 14.9. The summed E-state index contributed by atoms with van der Waals surface area (Å²) in [5, 5.41) is 1.11. The van der Waals surface area contributed by atoms with Crippen molar-refractivity contribution < 1.29 is 4.74 Å². The molecule has 0 atom stereocenters. The van der Waals surface area contributed by atoms with Crippen molar-refractivity contribution in [3.63, 3.8) is 0 Å². The summed E-state index contributed by atoms with van der Waals surface area (Å²) >= 11 is 1.78. The molecular formula is C17H18N2O2S. The van der Waals surface area contributed by atoms with Gasteiger partial charge in [0.05, 0.1) is 17.3 Å². The second-order valence-corrected chi connectivity index (χ2v) is 6.29. The van der Waals surface area contributed by atoms with Crippen molar-refractivity contribution in [2.45, 2.75) is 20.1 Å². The van der Waals surface area contributed by atoms with E-state index in [9.17, 15) is 4.79 Å². The molecule has 0 saturated heterocycles. The average Bonchev–Trinajstić information content (AvgIpc) is 3.04. The summed E-state index contributed by atoms with van der Waals surface area (Å²) < 4.78 is 7.81. The van der Waals surface area contributed by atoms with E-state index in [2.05, 4.69) is 4.99 Å². The molecule has 0 saturated carbocycles. The molecule has 0 fully saturated rings. The minimum absolute atomic E-state index is 0.0781. The number of hydrogen-bond acceptors (Lipinski definition) is 4. The van der Waals surface area contributed by atoms with E-state index in [4.69, 9.17) is 4.74 Å². The fourth-order valence-electron chi connectivity index (χ4n) is 2.35. The maximum atomic E-state index is 12.1. The third-order valence-corrected chi connectivity index (χ3v) is 4.55. The summed E-state index contributed by atoms with van der Waals surface area (Å²) in [4.78, 5) is 16.5. The lowest BCUT2D eigenvalue weighted by molar-refractivity contribution is 0.297. The topological polar surface area (TPSA) is 43.6 Å². The number of pyridine rings is 1. The Bertz CT molecular complexity index is 738. The second kappa shape index (κ2) is 6.83. The van der Waals surface area contributed by atoms with Gasteiger partial charge in [0.25, 0.3) is 0 Å². The molecule has 114 valence electrons. The van der Waals surface area contributed by atoms with Crippen LogP contribution in [0.25, 0.3) is 0 Å². The number of ether oxygens (including phenoxy) is 1. The van der Waals surface area contributed by atoms with E-state index in [0.717, 1.165) is 28.6 Å². The quantitative estimate of drug-likeness (QED) is 0.852. The van der Waals surface area contributed by atoms with Crippen LogP contribution in [-0.4, -0.2) is 21.9 Å².